The first kappa shape index (κ1) is 26.6. The molecule has 20 heavy (non-hydrogen) atoms. The maximum atomic E-state index is 9.51. The van der Waals surface area contributed by atoms with Crippen LogP contribution in [0.25, 0.3) is 0 Å². The SMILES string of the molecule is CC(C)CCCCC(CC(C)C)OP(O)(=S)S.S.[O]=[Mo]. The van der Waals surface area contributed by atoms with Crippen LogP contribution in [-0.4, -0.2) is 11.0 Å². The Hall–Kier alpha value is 1.76. The van der Waals surface area contributed by atoms with Gasteiger partial charge >= 0.3 is 23.2 Å². The Morgan fingerprint density at radius 2 is 1.60 bits per heavy atom. The maximum absolute atomic E-state index is 9.51. The second-order valence-electron chi connectivity index (χ2n) is 5.53. The van der Waals surface area contributed by atoms with Gasteiger partial charge in [0.05, 0.1) is 6.10 Å². The molecule has 0 amide bonds. The third-order valence-corrected chi connectivity index (χ3v) is 3.69. The summed E-state index contributed by atoms with van der Waals surface area (Å²) >= 11 is 9.50. The Morgan fingerprint density at radius 1 is 1.15 bits per heavy atom. The molecule has 0 aliphatic carbocycles. The normalized spacial score (nSPS) is 15.0. The number of rotatable bonds is 9. The molecular weight excluding hydrogens is 415 g/mol. The summed E-state index contributed by atoms with van der Waals surface area (Å²) in [6.45, 7) is 8.79. The molecule has 0 aromatic rings. The molecule has 1 N–H and O–H groups in total. The summed E-state index contributed by atoms with van der Waals surface area (Å²) in [6, 6.07) is 0. The van der Waals surface area contributed by atoms with E-state index in [2.05, 4.69) is 39.9 Å². The van der Waals surface area contributed by atoms with Crippen LogP contribution in [0.3, 0.4) is 0 Å². The first-order valence-corrected chi connectivity index (χ1v) is 11.3. The van der Waals surface area contributed by atoms with E-state index in [1.807, 2.05) is 0 Å². The fourth-order valence-corrected chi connectivity index (χ4v) is 3.20. The summed E-state index contributed by atoms with van der Waals surface area (Å²) in [5, 5.41) is 0. The summed E-state index contributed by atoms with van der Waals surface area (Å²) in [5.74, 6) is 1.31. The van der Waals surface area contributed by atoms with Crippen molar-refractivity contribution in [1.82, 2.24) is 0 Å². The molecule has 0 saturated heterocycles. The zero-order chi connectivity index (χ0) is 15.5. The van der Waals surface area contributed by atoms with Gasteiger partial charge in [-0.2, -0.15) is 13.5 Å². The molecule has 3 nitrogen and oxygen atoms in total. The van der Waals surface area contributed by atoms with Gasteiger partial charge in [-0.15, -0.1) is 0 Å². The van der Waals surface area contributed by atoms with Gasteiger partial charge in [-0.05, 0) is 36.5 Å². The quantitative estimate of drug-likeness (QED) is 0.233. The van der Waals surface area contributed by atoms with E-state index in [1.165, 1.54) is 12.8 Å². The van der Waals surface area contributed by atoms with Crippen LogP contribution in [0.4, 0.5) is 0 Å². The zero-order valence-corrected chi connectivity index (χ0v) is 18.4. The van der Waals surface area contributed by atoms with Gasteiger partial charge in [-0.25, -0.2) is 0 Å². The minimum atomic E-state index is -2.82. The summed E-state index contributed by atoms with van der Waals surface area (Å²) in [6.07, 6.45) is 5.60. The van der Waals surface area contributed by atoms with Crippen LogP contribution in [0.5, 0.6) is 0 Å². The average molecular weight is 444 g/mol. The van der Waals surface area contributed by atoms with Crippen molar-refractivity contribution < 1.29 is 32.6 Å². The van der Waals surface area contributed by atoms with Crippen molar-refractivity contribution in [2.24, 2.45) is 11.8 Å². The third-order valence-electron chi connectivity index (χ3n) is 2.58. The molecule has 0 bridgehead atoms. The fraction of sp³-hybridized carbons (Fsp3) is 1.00. The van der Waals surface area contributed by atoms with Crippen molar-refractivity contribution in [3.8, 4) is 0 Å². The predicted octanol–water partition coefficient (Wildman–Crippen LogP) is 4.77. The van der Waals surface area contributed by atoms with Crippen molar-refractivity contribution in [3.63, 3.8) is 0 Å². The van der Waals surface area contributed by atoms with Crippen LogP contribution in [0.15, 0.2) is 0 Å². The van der Waals surface area contributed by atoms with Gasteiger partial charge in [-0.3, -0.25) is 0 Å². The molecular formula is C12H29MoO3PS3. The van der Waals surface area contributed by atoms with Crippen LogP contribution in [0.1, 0.15) is 59.8 Å². The molecule has 0 fully saturated rings. The van der Waals surface area contributed by atoms with Crippen molar-refractivity contribution in [2.75, 3.05) is 0 Å². The van der Waals surface area contributed by atoms with E-state index in [0.717, 1.165) is 25.2 Å². The van der Waals surface area contributed by atoms with Gasteiger partial charge in [0.2, 0.25) is 5.69 Å². The van der Waals surface area contributed by atoms with Gasteiger partial charge in [0.1, 0.15) is 0 Å². The number of hydrogen-bond acceptors (Lipinski definition) is 3. The van der Waals surface area contributed by atoms with Crippen molar-refractivity contribution in [2.45, 2.75) is 65.9 Å². The van der Waals surface area contributed by atoms with Crippen LogP contribution in [0.2, 0.25) is 0 Å². The van der Waals surface area contributed by atoms with Gasteiger partial charge < -0.3 is 9.42 Å². The van der Waals surface area contributed by atoms with Crippen LogP contribution >= 0.6 is 31.4 Å². The second-order valence-corrected chi connectivity index (χ2v) is 10.6. The molecule has 0 aliphatic heterocycles. The summed E-state index contributed by atoms with van der Waals surface area (Å²) < 4.78 is 13.8. The van der Waals surface area contributed by atoms with Gasteiger partial charge in [0, 0.05) is 0 Å². The van der Waals surface area contributed by atoms with Gasteiger partial charge in [0.15, 0.2) is 0 Å². The fourth-order valence-electron chi connectivity index (χ4n) is 1.86. The first-order chi connectivity index (χ1) is 8.70. The number of thiol groups is 1. The van der Waals surface area contributed by atoms with Crippen LogP contribution in [-0.2, 0) is 39.5 Å². The van der Waals surface area contributed by atoms with E-state index in [0.29, 0.717) is 25.7 Å². The Morgan fingerprint density at radius 3 is 1.95 bits per heavy atom. The van der Waals surface area contributed by atoms with E-state index in [1.54, 1.807) is 0 Å². The predicted molar refractivity (Wildman–Crippen MR) is 94.2 cm³/mol. The molecule has 0 heterocycles. The van der Waals surface area contributed by atoms with Crippen LogP contribution in [0, 0.1) is 11.8 Å². The Labute approximate surface area is 153 Å². The van der Waals surface area contributed by atoms with Gasteiger partial charge in [-0.1, -0.05) is 59.2 Å². The number of unbranched alkanes of at least 4 members (excludes halogenated alkanes) is 1. The number of hydrogen-bond donors (Lipinski definition) is 2. The Bertz CT molecular complexity index is 262. The Balaban J connectivity index is -0.000000916. The molecule has 2 atom stereocenters. The summed E-state index contributed by atoms with van der Waals surface area (Å²) in [5.41, 5.74) is -2.82. The second kappa shape index (κ2) is 15.6. The molecule has 0 spiro atoms. The Kier molecular flexibility index (Phi) is 20.8. The summed E-state index contributed by atoms with van der Waals surface area (Å²) in [4.78, 5) is 9.51. The zero-order valence-electron chi connectivity index (χ0n) is 12.7. The molecule has 0 aromatic heterocycles. The van der Waals surface area contributed by atoms with Crippen molar-refractivity contribution >= 4 is 43.2 Å². The topological polar surface area (TPSA) is 46.5 Å². The van der Waals surface area contributed by atoms with E-state index >= 15 is 0 Å². The molecule has 0 aromatic carbocycles. The van der Waals surface area contributed by atoms with E-state index in [-0.39, 0.29) is 19.6 Å². The first-order valence-electron chi connectivity index (χ1n) is 6.61. The van der Waals surface area contributed by atoms with E-state index in [4.69, 9.17) is 19.7 Å². The van der Waals surface area contributed by atoms with E-state index < -0.39 is 5.69 Å². The molecule has 2 unspecified atom stereocenters. The molecule has 124 valence electrons. The van der Waals surface area contributed by atoms with Crippen LogP contribution < -0.4 is 0 Å². The third kappa shape index (κ3) is 22.0. The van der Waals surface area contributed by atoms with E-state index in [9.17, 15) is 4.89 Å². The molecule has 0 radical (unpaired) electrons. The average Bonchev–Trinajstić information content (AvgIpc) is 2.23. The molecule has 8 heteroatoms. The molecule has 0 aliphatic rings. The standard InChI is InChI=1S/C12H27O2PS2.Mo.O.H2S/c1-10(2)7-5-6-8-12(9-11(3)4)14-15(13,16)17;;;/h10-12H,5-9H2,1-4H3,(H2,13,16,17);;;1H2. The van der Waals surface area contributed by atoms with Crippen molar-refractivity contribution in [1.29, 1.82) is 0 Å². The summed E-state index contributed by atoms with van der Waals surface area (Å²) in [7, 11) is 0. The van der Waals surface area contributed by atoms with Crippen molar-refractivity contribution in [3.05, 3.63) is 0 Å². The monoisotopic (exact) mass is 446 g/mol. The molecule has 0 saturated carbocycles. The van der Waals surface area contributed by atoms with Gasteiger partial charge in [0.25, 0.3) is 0 Å². The molecule has 0 rings (SSSR count). The minimum absolute atomic E-state index is 0.